The van der Waals surface area contributed by atoms with Gasteiger partial charge in [-0.2, -0.15) is 4.98 Å². The standard InChI is InChI=1S/C17H13Cl2N5O/c1-8-14-15(20)22-12-5-6-13(25-2)23-17(12)24(14)16(21-8)10-4-3-9(18)7-11(10)19/h3-7H,1-2H3,(H2,20,22). The van der Waals surface area contributed by atoms with Crippen LogP contribution in [0.5, 0.6) is 5.88 Å². The van der Waals surface area contributed by atoms with Gasteiger partial charge in [-0.3, -0.25) is 4.40 Å². The lowest BCUT2D eigenvalue weighted by Crippen LogP contribution is -2.02. The average Bonchev–Trinajstić information content (AvgIpc) is 2.93. The maximum Gasteiger partial charge on any atom is 0.215 e. The van der Waals surface area contributed by atoms with Gasteiger partial charge in [-0.1, -0.05) is 23.2 Å². The number of imidazole rings is 1. The molecule has 0 saturated carbocycles. The van der Waals surface area contributed by atoms with Crippen molar-refractivity contribution in [3.8, 4) is 17.3 Å². The van der Waals surface area contributed by atoms with Crippen molar-refractivity contribution in [1.82, 2.24) is 19.4 Å². The van der Waals surface area contributed by atoms with Crippen LogP contribution in [0.2, 0.25) is 10.0 Å². The number of methoxy groups -OCH3 is 1. The highest BCUT2D eigenvalue weighted by atomic mass is 35.5. The van der Waals surface area contributed by atoms with E-state index in [2.05, 4.69) is 15.0 Å². The number of fused-ring (bicyclic) bond motifs is 3. The first-order valence-electron chi connectivity index (χ1n) is 7.44. The Morgan fingerprint density at radius 2 is 1.88 bits per heavy atom. The summed E-state index contributed by atoms with van der Waals surface area (Å²) >= 11 is 12.4. The molecule has 8 heteroatoms. The topological polar surface area (TPSA) is 78.3 Å². The van der Waals surface area contributed by atoms with Crippen molar-refractivity contribution < 1.29 is 4.74 Å². The molecule has 0 spiro atoms. The molecule has 126 valence electrons. The van der Waals surface area contributed by atoms with Crippen molar-refractivity contribution in [2.75, 3.05) is 12.8 Å². The summed E-state index contributed by atoms with van der Waals surface area (Å²) in [5.74, 6) is 1.47. The summed E-state index contributed by atoms with van der Waals surface area (Å²) in [6, 6.07) is 8.80. The first-order valence-corrected chi connectivity index (χ1v) is 8.20. The number of benzene rings is 1. The molecule has 4 aromatic rings. The van der Waals surface area contributed by atoms with E-state index in [0.29, 0.717) is 44.2 Å². The minimum atomic E-state index is 0.376. The highest BCUT2D eigenvalue weighted by Gasteiger charge is 2.19. The van der Waals surface area contributed by atoms with Gasteiger partial charge in [-0.05, 0) is 31.2 Å². The lowest BCUT2D eigenvalue weighted by molar-refractivity contribution is 0.399. The monoisotopic (exact) mass is 373 g/mol. The zero-order chi connectivity index (χ0) is 17.7. The van der Waals surface area contributed by atoms with Crippen LogP contribution in [0.4, 0.5) is 5.82 Å². The number of nitrogens with two attached hydrogens (primary N) is 1. The van der Waals surface area contributed by atoms with Gasteiger partial charge >= 0.3 is 0 Å². The fraction of sp³-hybridized carbons (Fsp3) is 0.118. The Balaban J connectivity index is 2.18. The molecule has 0 aliphatic rings. The van der Waals surface area contributed by atoms with E-state index in [4.69, 9.17) is 33.7 Å². The molecule has 0 bridgehead atoms. The van der Waals surface area contributed by atoms with Crippen LogP contribution in [-0.2, 0) is 0 Å². The van der Waals surface area contributed by atoms with Crippen LogP contribution in [0.1, 0.15) is 5.69 Å². The van der Waals surface area contributed by atoms with Gasteiger partial charge in [0.1, 0.15) is 16.9 Å². The van der Waals surface area contributed by atoms with Gasteiger partial charge in [0.05, 0.1) is 17.8 Å². The number of pyridine rings is 1. The fourth-order valence-corrected chi connectivity index (χ4v) is 3.35. The number of nitrogens with zero attached hydrogens (tertiary/aromatic N) is 4. The smallest absolute Gasteiger partial charge is 0.215 e. The van der Waals surface area contributed by atoms with Gasteiger partial charge in [0.2, 0.25) is 5.88 Å². The number of nitrogen functional groups attached to an aromatic ring is 1. The summed E-state index contributed by atoms with van der Waals surface area (Å²) in [4.78, 5) is 13.6. The quantitative estimate of drug-likeness (QED) is 0.570. The number of hydrogen-bond acceptors (Lipinski definition) is 5. The molecule has 0 aliphatic heterocycles. The molecule has 0 aliphatic carbocycles. The van der Waals surface area contributed by atoms with Crippen molar-refractivity contribution >= 4 is 45.7 Å². The maximum absolute atomic E-state index is 6.39. The maximum atomic E-state index is 6.39. The van der Waals surface area contributed by atoms with E-state index in [0.717, 1.165) is 11.3 Å². The lowest BCUT2D eigenvalue weighted by atomic mass is 10.2. The van der Waals surface area contributed by atoms with E-state index in [1.54, 1.807) is 31.4 Å². The second-order valence-corrected chi connectivity index (χ2v) is 6.37. The van der Waals surface area contributed by atoms with Crippen LogP contribution in [0, 0.1) is 6.92 Å². The van der Waals surface area contributed by atoms with Crippen LogP contribution < -0.4 is 10.5 Å². The highest BCUT2D eigenvalue weighted by Crippen LogP contribution is 2.34. The summed E-state index contributed by atoms with van der Waals surface area (Å²) < 4.78 is 7.10. The van der Waals surface area contributed by atoms with E-state index < -0.39 is 0 Å². The molecule has 0 fully saturated rings. The van der Waals surface area contributed by atoms with Gasteiger partial charge < -0.3 is 10.5 Å². The SMILES string of the molecule is COc1ccc2nc(N)c3c(C)nc(-c4ccc(Cl)cc4Cl)n3c2n1. The zero-order valence-electron chi connectivity index (χ0n) is 13.4. The molecule has 0 radical (unpaired) electrons. The molecule has 6 nitrogen and oxygen atoms in total. The summed E-state index contributed by atoms with van der Waals surface area (Å²) in [5.41, 5.74) is 9.53. The van der Waals surface area contributed by atoms with Gasteiger partial charge in [0, 0.05) is 16.7 Å². The Kier molecular flexibility index (Phi) is 3.67. The third-order valence-electron chi connectivity index (χ3n) is 3.96. The Labute approximate surface area is 153 Å². The Bertz CT molecular complexity index is 1140. The molecular weight excluding hydrogens is 361 g/mol. The van der Waals surface area contributed by atoms with Crippen LogP contribution in [-0.4, -0.2) is 26.5 Å². The second-order valence-electron chi connectivity index (χ2n) is 5.52. The average molecular weight is 374 g/mol. The normalized spacial score (nSPS) is 11.4. The van der Waals surface area contributed by atoms with Crippen molar-refractivity contribution in [2.24, 2.45) is 0 Å². The molecule has 4 rings (SSSR count). The Hall–Kier alpha value is -2.57. The second kappa shape index (κ2) is 5.75. The van der Waals surface area contributed by atoms with E-state index in [1.165, 1.54) is 0 Å². The summed E-state index contributed by atoms with van der Waals surface area (Å²) in [6.45, 7) is 1.87. The Morgan fingerprint density at radius 1 is 1.08 bits per heavy atom. The van der Waals surface area contributed by atoms with Crippen molar-refractivity contribution in [1.29, 1.82) is 0 Å². The molecule has 1 aromatic carbocycles. The van der Waals surface area contributed by atoms with Crippen molar-refractivity contribution in [3.05, 3.63) is 46.1 Å². The first-order chi connectivity index (χ1) is 12.0. The minimum Gasteiger partial charge on any atom is -0.481 e. The van der Waals surface area contributed by atoms with E-state index in [9.17, 15) is 0 Å². The van der Waals surface area contributed by atoms with Gasteiger partial charge in [0.15, 0.2) is 11.5 Å². The third kappa shape index (κ3) is 2.45. The molecular formula is C17H13Cl2N5O. The highest BCUT2D eigenvalue weighted by molar-refractivity contribution is 6.36. The number of anilines is 1. The van der Waals surface area contributed by atoms with Crippen LogP contribution >= 0.6 is 23.2 Å². The largest absolute Gasteiger partial charge is 0.481 e. The molecule has 3 aromatic heterocycles. The van der Waals surface area contributed by atoms with Crippen LogP contribution in [0.3, 0.4) is 0 Å². The number of hydrogen-bond donors (Lipinski definition) is 1. The van der Waals surface area contributed by atoms with E-state index in [1.807, 2.05) is 17.4 Å². The molecule has 2 N–H and O–H groups in total. The predicted octanol–water partition coefficient (Wildman–Crippen LogP) is 4.15. The van der Waals surface area contributed by atoms with Gasteiger partial charge in [-0.25, -0.2) is 9.97 Å². The molecule has 0 atom stereocenters. The van der Waals surface area contributed by atoms with E-state index in [-0.39, 0.29) is 0 Å². The summed E-state index contributed by atoms with van der Waals surface area (Å²) in [6.07, 6.45) is 0. The number of halogens is 2. The lowest BCUT2D eigenvalue weighted by Gasteiger charge is -2.09. The van der Waals surface area contributed by atoms with Gasteiger partial charge in [-0.15, -0.1) is 0 Å². The van der Waals surface area contributed by atoms with E-state index >= 15 is 0 Å². The number of rotatable bonds is 2. The first kappa shape index (κ1) is 15.9. The third-order valence-corrected chi connectivity index (χ3v) is 4.51. The minimum absolute atomic E-state index is 0.376. The number of aryl methyl sites for hydroxylation is 1. The van der Waals surface area contributed by atoms with Crippen molar-refractivity contribution in [2.45, 2.75) is 6.92 Å². The van der Waals surface area contributed by atoms with Crippen LogP contribution in [0.15, 0.2) is 30.3 Å². The molecule has 3 heterocycles. The van der Waals surface area contributed by atoms with Crippen molar-refractivity contribution in [3.63, 3.8) is 0 Å². The summed E-state index contributed by atoms with van der Waals surface area (Å²) in [5, 5.41) is 1.04. The molecule has 0 amide bonds. The zero-order valence-corrected chi connectivity index (χ0v) is 14.9. The van der Waals surface area contributed by atoms with Crippen LogP contribution in [0.25, 0.3) is 28.1 Å². The predicted molar refractivity (Wildman–Crippen MR) is 99.4 cm³/mol. The summed E-state index contributed by atoms with van der Waals surface area (Å²) in [7, 11) is 1.56. The number of aromatic nitrogens is 4. The fourth-order valence-electron chi connectivity index (χ4n) is 2.86. The van der Waals surface area contributed by atoms with Gasteiger partial charge in [0.25, 0.3) is 0 Å². The molecule has 0 saturated heterocycles. The number of ether oxygens (including phenoxy) is 1. The molecule has 0 unspecified atom stereocenters. The molecule has 25 heavy (non-hydrogen) atoms. The Morgan fingerprint density at radius 3 is 2.60 bits per heavy atom.